The molecular formula is C16H25BrNO+. The summed E-state index contributed by atoms with van der Waals surface area (Å²) in [5.41, 5.74) is 0. The maximum Gasteiger partial charge on any atom is 0.133 e. The number of rotatable bonds is 8. The Bertz CT molecular complexity index is 364. The number of benzene rings is 1. The quantitative estimate of drug-likeness (QED) is 0.725. The Balaban J connectivity index is 1.47. The van der Waals surface area contributed by atoms with E-state index < -0.39 is 0 Å². The van der Waals surface area contributed by atoms with Crippen LogP contribution in [0.5, 0.6) is 5.75 Å². The third-order valence-electron chi connectivity index (χ3n) is 3.83. The number of para-hydroxylation sites is 1. The number of hydrogen-bond donors (Lipinski definition) is 1. The van der Waals surface area contributed by atoms with Crippen molar-refractivity contribution >= 4 is 15.9 Å². The molecule has 1 aromatic carbocycles. The van der Waals surface area contributed by atoms with Crippen LogP contribution in [0, 0.1) is 0 Å². The maximum absolute atomic E-state index is 5.76. The van der Waals surface area contributed by atoms with E-state index in [0.29, 0.717) is 0 Å². The van der Waals surface area contributed by atoms with Crippen LogP contribution in [-0.4, -0.2) is 26.2 Å². The summed E-state index contributed by atoms with van der Waals surface area (Å²) in [5, 5.41) is 0. The van der Waals surface area contributed by atoms with E-state index >= 15 is 0 Å². The normalized spacial score (nSPS) is 15.8. The fourth-order valence-electron chi connectivity index (χ4n) is 2.70. The summed E-state index contributed by atoms with van der Waals surface area (Å²) in [6.45, 7) is 5.03. The van der Waals surface area contributed by atoms with E-state index in [9.17, 15) is 0 Å². The summed E-state index contributed by atoms with van der Waals surface area (Å²) in [4.78, 5) is 1.82. The zero-order chi connectivity index (χ0) is 13.3. The maximum atomic E-state index is 5.76. The molecule has 0 atom stereocenters. The van der Waals surface area contributed by atoms with Crippen molar-refractivity contribution in [2.45, 2.75) is 38.5 Å². The summed E-state index contributed by atoms with van der Waals surface area (Å²) < 4.78 is 6.81. The summed E-state index contributed by atoms with van der Waals surface area (Å²) in [5.74, 6) is 0.962. The standard InChI is InChI=1S/C16H24BrNO/c17-15-9-3-4-10-16(15)19-14-8-2-1-5-11-18-12-6-7-13-18/h3-4,9-10H,1-2,5-8,11-14H2/p+1. The molecule has 1 aliphatic rings. The van der Waals surface area contributed by atoms with Crippen LogP contribution in [0.2, 0.25) is 0 Å². The van der Waals surface area contributed by atoms with Gasteiger partial charge in [0.1, 0.15) is 5.75 Å². The van der Waals surface area contributed by atoms with Crippen LogP contribution in [0.1, 0.15) is 38.5 Å². The van der Waals surface area contributed by atoms with Gasteiger partial charge in [-0.15, -0.1) is 0 Å². The second-order valence-electron chi connectivity index (χ2n) is 5.40. The van der Waals surface area contributed by atoms with Gasteiger partial charge in [-0.2, -0.15) is 0 Å². The Morgan fingerprint density at radius 3 is 2.53 bits per heavy atom. The average Bonchev–Trinajstić information content (AvgIpc) is 2.93. The van der Waals surface area contributed by atoms with Gasteiger partial charge >= 0.3 is 0 Å². The van der Waals surface area contributed by atoms with Crippen molar-refractivity contribution in [1.29, 1.82) is 0 Å². The molecule has 1 saturated heterocycles. The Morgan fingerprint density at radius 1 is 1.00 bits per heavy atom. The Labute approximate surface area is 125 Å². The molecule has 0 aromatic heterocycles. The van der Waals surface area contributed by atoms with Crippen molar-refractivity contribution in [3.8, 4) is 5.75 Å². The summed E-state index contributed by atoms with van der Waals surface area (Å²) >= 11 is 3.50. The van der Waals surface area contributed by atoms with Crippen LogP contribution in [0.25, 0.3) is 0 Å². The van der Waals surface area contributed by atoms with E-state index in [1.165, 1.54) is 51.7 Å². The van der Waals surface area contributed by atoms with Crippen LogP contribution in [0.15, 0.2) is 28.7 Å². The van der Waals surface area contributed by atoms with Gasteiger partial charge in [0.2, 0.25) is 0 Å². The van der Waals surface area contributed by atoms with E-state index in [0.717, 1.165) is 23.2 Å². The first kappa shape index (κ1) is 14.9. The molecule has 0 aliphatic carbocycles. The van der Waals surface area contributed by atoms with E-state index in [-0.39, 0.29) is 0 Å². The van der Waals surface area contributed by atoms with E-state index in [1.54, 1.807) is 0 Å². The van der Waals surface area contributed by atoms with Crippen molar-refractivity contribution in [1.82, 2.24) is 0 Å². The van der Waals surface area contributed by atoms with Crippen molar-refractivity contribution < 1.29 is 9.64 Å². The smallest absolute Gasteiger partial charge is 0.133 e. The Morgan fingerprint density at radius 2 is 1.74 bits per heavy atom. The molecule has 1 N–H and O–H groups in total. The number of unbranched alkanes of at least 4 members (excludes halogenated alkanes) is 3. The number of nitrogens with one attached hydrogen (secondary N) is 1. The van der Waals surface area contributed by atoms with Gasteiger partial charge in [-0.05, 0) is 53.7 Å². The van der Waals surface area contributed by atoms with Crippen LogP contribution < -0.4 is 9.64 Å². The molecule has 0 spiro atoms. The molecule has 2 nitrogen and oxygen atoms in total. The lowest BCUT2D eigenvalue weighted by Gasteiger charge is -2.11. The minimum absolute atomic E-state index is 0.833. The highest BCUT2D eigenvalue weighted by Crippen LogP contribution is 2.23. The average molecular weight is 327 g/mol. The van der Waals surface area contributed by atoms with Crippen molar-refractivity contribution in [3.05, 3.63) is 28.7 Å². The largest absolute Gasteiger partial charge is 0.492 e. The van der Waals surface area contributed by atoms with Gasteiger partial charge in [0, 0.05) is 12.8 Å². The molecule has 1 fully saturated rings. The predicted molar refractivity (Wildman–Crippen MR) is 82.9 cm³/mol. The van der Waals surface area contributed by atoms with Gasteiger partial charge in [-0.3, -0.25) is 0 Å². The highest BCUT2D eigenvalue weighted by molar-refractivity contribution is 9.10. The molecule has 19 heavy (non-hydrogen) atoms. The second kappa shape index (κ2) is 8.60. The first-order chi connectivity index (χ1) is 9.36. The van der Waals surface area contributed by atoms with Gasteiger partial charge in [0.15, 0.2) is 0 Å². The molecule has 0 unspecified atom stereocenters. The molecule has 2 rings (SSSR count). The van der Waals surface area contributed by atoms with Gasteiger partial charge < -0.3 is 9.64 Å². The first-order valence-electron chi connectivity index (χ1n) is 7.57. The highest BCUT2D eigenvalue weighted by atomic mass is 79.9. The van der Waals surface area contributed by atoms with Crippen molar-refractivity contribution in [2.24, 2.45) is 0 Å². The lowest BCUT2D eigenvalue weighted by Crippen LogP contribution is -3.09. The SMILES string of the molecule is Brc1ccccc1OCCCCCC[NH+]1CCCC1. The Kier molecular flexibility index (Phi) is 6.72. The lowest BCUT2D eigenvalue weighted by molar-refractivity contribution is -0.887. The molecule has 0 bridgehead atoms. The molecule has 3 heteroatoms. The minimum atomic E-state index is 0.833. The monoisotopic (exact) mass is 326 g/mol. The highest BCUT2D eigenvalue weighted by Gasteiger charge is 2.13. The van der Waals surface area contributed by atoms with Crippen LogP contribution in [0.4, 0.5) is 0 Å². The first-order valence-corrected chi connectivity index (χ1v) is 8.36. The summed E-state index contributed by atoms with van der Waals surface area (Å²) in [7, 11) is 0. The van der Waals surface area contributed by atoms with Crippen LogP contribution >= 0.6 is 15.9 Å². The number of quaternary nitrogens is 1. The molecule has 1 aromatic rings. The molecule has 0 radical (unpaired) electrons. The molecule has 106 valence electrons. The van der Waals surface area contributed by atoms with E-state index in [2.05, 4.69) is 15.9 Å². The lowest BCUT2D eigenvalue weighted by atomic mass is 10.2. The van der Waals surface area contributed by atoms with Crippen LogP contribution in [-0.2, 0) is 0 Å². The second-order valence-corrected chi connectivity index (χ2v) is 6.25. The number of ether oxygens (including phenoxy) is 1. The van der Waals surface area contributed by atoms with Gasteiger partial charge in [0.05, 0.1) is 30.7 Å². The van der Waals surface area contributed by atoms with Gasteiger partial charge in [-0.25, -0.2) is 0 Å². The number of halogens is 1. The third-order valence-corrected chi connectivity index (χ3v) is 4.48. The van der Waals surface area contributed by atoms with Gasteiger partial charge in [0.25, 0.3) is 0 Å². The zero-order valence-corrected chi connectivity index (χ0v) is 13.3. The fraction of sp³-hybridized carbons (Fsp3) is 0.625. The molecule has 1 heterocycles. The van der Waals surface area contributed by atoms with E-state index in [1.807, 2.05) is 29.2 Å². The van der Waals surface area contributed by atoms with Crippen molar-refractivity contribution in [3.63, 3.8) is 0 Å². The third kappa shape index (κ3) is 5.53. The predicted octanol–water partition coefficient (Wildman–Crippen LogP) is 3.07. The summed E-state index contributed by atoms with van der Waals surface area (Å²) in [6, 6.07) is 8.06. The van der Waals surface area contributed by atoms with E-state index in [4.69, 9.17) is 4.74 Å². The minimum Gasteiger partial charge on any atom is -0.492 e. The zero-order valence-electron chi connectivity index (χ0n) is 11.7. The molecule has 1 aliphatic heterocycles. The van der Waals surface area contributed by atoms with Gasteiger partial charge in [-0.1, -0.05) is 12.1 Å². The van der Waals surface area contributed by atoms with Crippen molar-refractivity contribution in [2.75, 3.05) is 26.2 Å². The molecular weight excluding hydrogens is 302 g/mol. The summed E-state index contributed by atoms with van der Waals surface area (Å²) in [6.07, 6.45) is 8.06. The topological polar surface area (TPSA) is 13.7 Å². The number of likely N-dealkylation sites (tertiary alicyclic amines) is 1. The Hall–Kier alpha value is -0.540. The number of hydrogen-bond acceptors (Lipinski definition) is 1. The fourth-order valence-corrected chi connectivity index (χ4v) is 3.10. The molecule has 0 saturated carbocycles. The van der Waals surface area contributed by atoms with Crippen LogP contribution in [0.3, 0.4) is 0 Å². The molecule has 0 amide bonds.